The predicted octanol–water partition coefficient (Wildman–Crippen LogP) is 7.35. The lowest BCUT2D eigenvalue weighted by Gasteiger charge is -2.35. The summed E-state index contributed by atoms with van der Waals surface area (Å²) in [5.74, 6) is -0.699. The molecule has 1 aliphatic rings. The number of hydrogen-bond donors (Lipinski definition) is 1. The Kier molecular flexibility index (Phi) is 11.5. The number of nitrogens with one attached hydrogen (secondary N) is 1. The molecule has 0 heterocycles. The van der Waals surface area contributed by atoms with E-state index < -0.39 is 28.5 Å². The number of benzene rings is 4. The molecule has 0 saturated heterocycles. The zero-order valence-electron chi connectivity index (χ0n) is 26.9. The summed E-state index contributed by atoms with van der Waals surface area (Å²) in [6, 6.07) is 30.0. The zero-order valence-corrected chi connectivity index (χ0v) is 29.3. The minimum Gasteiger partial charge on any atom is -0.352 e. The van der Waals surface area contributed by atoms with Crippen molar-refractivity contribution in [2.75, 3.05) is 10.8 Å². The maximum atomic E-state index is 14.7. The molecule has 0 spiro atoms. The molecule has 1 fully saturated rings. The SMILES string of the molecule is Cc1ccc(N(CC(=O)N(Cc2cccc(Br)c2)C(Cc2ccccc2)C(=O)NC2CCCCC2)S(=O)(=O)c2ccccc2)cc1C. The van der Waals surface area contributed by atoms with Crippen molar-refractivity contribution in [3.8, 4) is 0 Å². The van der Waals surface area contributed by atoms with Gasteiger partial charge in [-0.15, -0.1) is 0 Å². The number of carbonyl (C=O) groups is 2. The standard InChI is InChI=1S/C38H42BrN3O4S/c1-28-21-22-34(23-29(28)2)42(47(45,46)35-19-10-5-11-20-35)27-37(43)41(26-31-15-12-16-32(39)24-31)36(25-30-13-6-3-7-14-30)38(44)40-33-17-8-4-9-18-33/h3,5-7,10-16,19-24,33,36H,4,8-9,17-18,25-27H2,1-2H3,(H,40,44). The second-order valence-corrected chi connectivity index (χ2v) is 15.1. The van der Waals surface area contributed by atoms with E-state index in [2.05, 4.69) is 21.2 Å². The molecule has 1 saturated carbocycles. The fourth-order valence-electron chi connectivity index (χ4n) is 6.06. The van der Waals surface area contributed by atoms with Gasteiger partial charge in [0.2, 0.25) is 11.8 Å². The van der Waals surface area contributed by atoms with E-state index in [0.717, 1.165) is 58.8 Å². The third-order valence-corrected chi connectivity index (χ3v) is 11.1. The number of anilines is 1. The van der Waals surface area contributed by atoms with Crippen molar-refractivity contribution in [2.45, 2.75) is 75.9 Å². The van der Waals surface area contributed by atoms with Gasteiger partial charge in [-0.25, -0.2) is 8.42 Å². The van der Waals surface area contributed by atoms with Crippen molar-refractivity contribution < 1.29 is 18.0 Å². The third kappa shape index (κ3) is 8.90. The Morgan fingerprint density at radius 1 is 0.809 bits per heavy atom. The number of hydrogen-bond acceptors (Lipinski definition) is 4. The molecule has 0 aliphatic heterocycles. The molecule has 1 atom stereocenters. The van der Waals surface area contributed by atoms with E-state index in [0.29, 0.717) is 5.69 Å². The number of halogens is 1. The maximum absolute atomic E-state index is 14.7. The van der Waals surface area contributed by atoms with Crippen LogP contribution in [0.1, 0.15) is 54.4 Å². The van der Waals surface area contributed by atoms with Gasteiger partial charge in [0.05, 0.1) is 10.6 Å². The first kappa shape index (κ1) is 34.4. The van der Waals surface area contributed by atoms with E-state index in [1.165, 1.54) is 16.4 Å². The molecule has 246 valence electrons. The molecule has 0 aromatic heterocycles. The van der Waals surface area contributed by atoms with Gasteiger partial charge < -0.3 is 10.2 Å². The van der Waals surface area contributed by atoms with Gasteiger partial charge in [-0.2, -0.15) is 0 Å². The third-order valence-electron chi connectivity index (χ3n) is 8.85. The summed E-state index contributed by atoms with van der Waals surface area (Å²) in [5, 5.41) is 3.25. The van der Waals surface area contributed by atoms with Gasteiger partial charge in [-0.05, 0) is 85.3 Å². The fourth-order valence-corrected chi connectivity index (χ4v) is 7.93. The molecule has 1 unspecified atom stereocenters. The van der Waals surface area contributed by atoms with Crippen LogP contribution in [-0.2, 0) is 32.6 Å². The second kappa shape index (κ2) is 15.8. The largest absolute Gasteiger partial charge is 0.352 e. The number of aryl methyl sites for hydroxylation is 2. The second-order valence-electron chi connectivity index (χ2n) is 12.3. The van der Waals surface area contributed by atoms with Gasteiger partial charge in [-0.1, -0.05) is 102 Å². The first-order chi connectivity index (χ1) is 22.6. The molecular weight excluding hydrogens is 674 g/mol. The van der Waals surface area contributed by atoms with Crippen LogP contribution in [-0.4, -0.2) is 43.8 Å². The lowest BCUT2D eigenvalue weighted by Crippen LogP contribution is -2.55. The van der Waals surface area contributed by atoms with Crippen molar-refractivity contribution in [3.63, 3.8) is 0 Å². The molecule has 0 bridgehead atoms. The number of amides is 2. The first-order valence-electron chi connectivity index (χ1n) is 16.1. The Morgan fingerprint density at radius 2 is 1.47 bits per heavy atom. The lowest BCUT2D eigenvalue weighted by molar-refractivity contribution is -0.140. The molecule has 2 amide bonds. The van der Waals surface area contributed by atoms with Crippen molar-refractivity contribution in [1.82, 2.24) is 10.2 Å². The summed E-state index contributed by atoms with van der Waals surface area (Å²) in [6.07, 6.45) is 5.35. The zero-order chi connectivity index (χ0) is 33.4. The van der Waals surface area contributed by atoms with Gasteiger partial charge >= 0.3 is 0 Å². The molecule has 0 radical (unpaired) electrons. The van der Waals surface area contributed by atoms with Crippen LogP contribution in [0.4, 0.5) is 5.69 Å². The van der Waals surface area contributed by atoms with Crippen LogP contribution >= 0.6 is 15.9 Å². The summed E-state index contributed by atoms with van der Waals surface area (Å²) in [7, 11) is -4.14. The number of rotatable bonds is 12. The highest BCUT2D eigenvalue weighted by molar-refractivity contribution is 9.10. The summed E-state index contributed by atoms with van der Waals surface area (Å²) < 4.78 is 30.4. The van der Waals surface area contributed by atoms with E-state index >= 15 is 0 Å². The van der Waals surface area contributed by atoms with Crippen molar-refractivity contribution in [2.24, 2.45) is 0 Å². The predicted molar refractivity (Wildman–Crippen MR) is 191 cm³/mol. The van der Waals surface area contributed by atoms with Crippen molar-refractivity contribution >= 4 is 43.5 Å². The molecule has 4 aromatic rings. The van der Waals surface area contributed by atoms with Crippen LogP contribution in [0.2, 0.25) is 0 Å². The van der Waals surface area contributed by atoms with Gasteiger partial charge in [0, 0.05) is 23.5 Å². The Morgan fingerprint density at radius 3 is 2.13 bits per heavy atom. The molecule has 1 N–H and O–H groups in total. The van der Waals surface area contributed by atoms with Gasteiger partial charge in [0.25, 0.3) is 10.0 Å². The lowest BCUT2D eigenvalue weighted by atomic mass is 9.94. The number of nitrogens with zero attached hydrogens (tertiary/aromatic N) is 2. The molecule has 5 rings (SSSR count). The Balaban J connectivity index is 1.57. The summed E-state index contributed by atoms with van der Waals surface area (Å²) in [5.41, 5.74) is 4.03. The Labute approximate surface area is 287 Å². The van der Waals surface area contributed by atoms with E-state index in [-0.39, 0.29) is 29.8 Å². The van der Waals surface area contributed by atoms with Gasteiger partial charge in [0.15, 0.2) is 0 Å². The fraction of sp³-hybridized carbons (Fsp3) is 0.316. The minimum absolute atomic E-state index is 0.0443. The van der Waals surface area contributed by atoms with Crippen LogP contribution in [0.25, 0.3) is 0 Å². The average Bonchev–Trinajstić information content (AvgIpc) is 3.07. The molecule has 9 heteroatoms. The maximum Gasteiger partial charge on any atom is 0.264 e. The highest BCUT2D eigenvalue weighted by atomic mass is 79.9. The normalized spacial score (nSPS) is 14.3. The summed E-state index contributed by atoms with van der Waals surface area (Å²) >= 11 is 3.54. The van der Waals surface area contributed by atoms with E-state index in [4.69, 9.17) is 0 Å². The van der Waals surface area contributed by atoms with Crippen LogP contribution in [0.15, 0.2) is 112 Å². The van der Waals surface area contributed by atoms with Crippen LogP contribution < -0.4 is 9.62 Å². The molecular formula is C38H42BrN3O4S. The Hall–Kier alpha value is -3.95. The highest BCUT2D eigenvalue weighted by Crippen LogP contribution is 2.27. The van der Waals surface area contributed by atoms with Crippen LogP contribution in [0.3, 0.4) is 0 Å². The quantitative estimate of drug-likeness (QED) is 0.166. The number of carbonyl (C=O) groups excluding carboxylic acids is 2. The van der Waals surface area contributed by atoms with E-state index in [9.17, 15) is 18.0 Å². The molecule has 47 heavy (non-hydrogen) atoms. The monoisotopic (exact) mass is 715 g/mol. The molecule has 4 aromatic carbocycles. The van der Waals surface area contributed by atoms with E-state index in [1.807, 2.05) is 74.5 Å². The molecule has 7 nitrogen and oxygen atoms in total. The van der Waals surface area contributed by atoms with Gasteiger partial charge in [-0.3, -0.25) is 13.9 Å². The summed E-state index contributed by atoms with van der Waals surface area (Å²) in [6.45, 7) is 3.52. The van der Waals surface area contributed by atoms with Crippen LogP contribution in [0, 0.1) is 13.8 Å². The van der Waals surface area contributed by atoms with Crippen molar-refractivity contribution in [1.29, 1.82) is 0 Å². The summed E-state index contributed by atoms with van der Waals surface area (Å²) in [4.78, 5) is 30.6. The smallest absolute Gasteiger partial charge is 0.264 e. The van der Waals surface area contributed by atoms with Gasteiger partial charge in [0.1, 0.15) is 12.6 Å². The molecule has 1 aliphatic carbocycles. The van der Waals surface area contributed by atoms with Crippen LogP contribution in [0.5, 0.6) is 0 Å². The minimum atomic E-state index is -4.14. The average molecular weight is 717 g/mol. The van der Waals surface area contributed by atoms with E-state index in [1.54, 1.807) is 35.2 Å². The highest BCUT2D eigenvalue weighted by Gasteiger charge is 2.35. The first-order valence-corrected chi connectivity index (χ1v) is 18.4. The van der Waals surface area contributed by atoms with Crippen molar-refractivity contribution in [3.05, 3.63) is 130 Å². The Bertz CT molecular complexity index is 1780. The number of sulfonamides is 1. The topological polar surface area (TPSA) is 86.8 Å².